The van der Waals surface area contributed by atoms with Crippen LogP contribution in [-0.4, -0.2) is 85.2 Å². The number of Topliss-reactive ketones (excluding diaryl/α,β-unsaturated/α-hetero) is 1. The molecule has 3 aliphatic heterocycles. The summed E-state index contributed by atoms with van der Waals surface area (Å²) in [5.74, 6) is 1.06. The molecule has 2 aliphatic carbocycles. The maximum absolute atomic E-state index is 14.5. The highest BCUT2D eigenvalue weighted by atomic mass is 32.2. The fourth-order valence-electron chi connectivity index (χ4n) is 7.81. The van der Waals surface area contributed by atoms with Crippen LogP contribution in [0.2, 0.25) is 0 Å². The highest BCUT2D eigenvalue weighted by Gasteiger charge is 2.62. The van der Waals surface area contributed by atoms with E-state index in [1.54, 1.807) is 39.8 Å². The van der Waals surface area contributed by atoms with E-state index in [1.165, 1.54) is 15.9 Å². The normalized spacial score (nSPS) is 31.1. The summed E-state index contributed by atoms with van der Waals surface area (Å²) in [7, 11) is -2.89. The van der Waals surface area contributed by atoms with Gasteiger partial charge in [-0.1, -0.05) is 44.1 Å². The third kappa shape index (κ3) is 8.16. The Kier molecular flexibility index (Phi) is 10.5. The van der Waals surface area contributed by atoms with Gasteiger partial charge in [0.15, 0.2) is 5.78 Å². The minimum Gasteiger partial charge on any atom is -0.444 e. The minimum atomic E-state index is -2.89. The zero-order valence-electron chi connectivity index (χ0n) is 30.5. The Morgan fingerprint density at radius 3 is 2.52 bits per heavy atom. The summed E-state index contributed by atoms with van der Waals surface area (Å²) in [4.78, 5) is 72.1. The molecule has 2 saturated carbocycles. The molecule has 6 rings (SSSR count). The monoisotopic (exact) mass is 742 g/mol. The number of halogens is 1. The molecule has 0 aromatic heterocycles. The van der Waals surface area contributed by atoms with Crippen molar-refractivity contribution >= 4 is 45.4 Å². The number of alkyl carbamates (subject to hydrolysis) is 1. The van der Waals surface area contributed by atoms with E-state index in [1.807, 2.05) is 12.2 Å². The molecule has 1 unspecified atom stereocenters. The summed E-state index contributed by atoms with van der Waals surface area (Å²) in [6, 6.07) is 2.56. The summed E-state index contributed by atoms with van der Waals surface area (Å²) in [6.07, 6.45) is 6.40. The molecule has 3 fully saturated rings. The molecule has 2 N–H and O–H groups in total. The number of nitrogens with one attached hydrogen (secondary N) is 2. The van der Waals surface area contributed by atoms with Crippen molar-refractivity contribution in [3.8, 4) is 0 Å². The maximum Gasteiger partial charge on any atom is 0.410 e. The van der Waals surface area contributed by atoms with E-state index in [4.69, 9.17) is 9.47 Å². The number of fused-ring (bicyclic) bond motifs is 3. The largest absolute Gasteiger partial charge is 0.444 e. The van der Waals surface area contributed by atoms with Crippen LogP contribution in [0.15, 0.2) is 30.4 Å². The van der Waals surface area contributed by atoms with E-state index in [0.717, 1.165) is 19.3 Å². The van der Waals surface area contributed by atoms with Crippen molar-refractivity contribution in [2.24, 2.45) is 17.3 Å². The molecule has 1 aromatic carbocycles. The van der Waals surface area contributed by atoms with Crippen molar-refractivity contribution in [1.29, 1.82) is 0 Å². The van der Waals surface area contributed by atoms with E-state index >= 15 is 0 Å². The van der Waals surface area contributed by atoms with Crippen LogP contribution in [0.4, 0.5) is 14.0 Å². The molecular weight excluding hydrogens is 692 g/mol. The quantitative estimate of drug-likeness (QED) is 0.323. The number of benzene rings is 1. The van der Waals surface area contributed by atoms with Crippen molar-refractivity contribution in [1.82, 2.24) is 19.8 Å². The van der Waals surface area contributed by atoms with E-state index < -0.39 is 80.4 Å². The second-order valence-corrected chi connectivity index (χ2v) is 18.5. The molecule has 5 aliphatic rings. The van der Waals surface area contributed by atoms with Gasteiger partial charge in [0.2, 0.25) is 11.8 Å². The highest BCUT2D eigenvalue weighted by molar-refractivity contribution is 7.99. The number of hydrogen-bond donors (Lipinski definition) is 2. The zero-order valence-corrected chi connectivity index (χ0v) is 31.3. The first-order valence-corrected chi connectivity index (χ1v) is 20.2. The molecule has 4 amide bonds. The fourth-order valence-corrected chi connectivity index (χ4v) is 9.39. The van der Waals surface area contributed by atoms with Crippen molar-refractivity contribution in [3.05, 3.63) is 47.3 Å². The topological polar surface area (TPSA) is 151 Å². The number of hydrogen-bond acceptors (Lipinski definition) is 8. The minimum absolute atomic E-state index is 0.0255. The predicted molar refractivity (Wildman–Crippen MR) is 193 cm³/mol. The lowest BCUT2D eigenvalue weighted by molar-refractivity contribution is -0.141. The molecule has 12 nitrogen and oxygen atoms in total. The van der Waals surface area contributed by atoms with Gasteiger partial charge in [0, 0.05) is 29.7 Å². The number of carbonyl (C=O) groups is 5. The first kappa shape index (κ1) is 37.8. The average molecular weight is 743 g/mol. The second-order valence-electron chi connectivity index (χ2n) is 16.2. The molecule has 0 bridgehead atoms. The average Bonchev–Trinajstić information content (AvgIpc) is 3.95. The number of ether oxygens (including phenoxy) is 2. The van der Waals surface area contributed by atoms with Crippen LogP contribution in [-0.2, 0) is 46.7 Å². The molecule has 1 aromatic rings. The van der Waals surface area contributed by atoms with Gasteiger partial charge in [-0.15, -0.1) is 0 Å². The fraction of sp³-hybridized carbons (Fsp3) is 0.632. The Balaban J connectivity index is 1.28. The zero-order chi connectivity index (χ0) is 37.6. The lowest BCUT2D eigenvalue weighted by atomic mass is 9.87. The smallest absolute Gasteiger partial charge is 0.410 e. The second kappa shape index (κ2) is 14.5. The summed E-state index contributed by atoms with van der Waals surface area (Å²) < 4.78 is 41.9. The molecule has 1 saturated heterocycles. The summed E-state index contributed by atoms with van der Waals surface area (Å²) in [5, 5.41) is 2.54. The molecule has 14 heteroatoms. The van der Waals surface area contributed by atoms with Crippen LogP contribution >= 0.6 is 0 Å². The van der Waals surface area contributed by atoms with Gasteiger partial charge < -0.3 is 19.7 Å². The van der Waals surface area contributed by atoms with Gasteiger partial charge in [-0.25, -0.2) is 18.2 Å². The number of amides is 4. The van der Waals surface area contributed by atoms with Crippen LogP contribution in [0.5, 0.6) is 0 Å². The lowest BCUT2D eigenvalue weighted by Gasteiger charge is -2.31. The molecular formula is C38H51FN4O8S. The van der Waals surface area contributed by atoms with Crippen molar-refractivity contribution in [2.45, 2.75) is 128 Å². The Hall–Kier alpha value is -3.94. The van der Waals surface area contributed by atoms with Gasteiger partial charge in [0.1, 0.15) is 23.6 Å². The molecule has 3 heterocycles. The first-order chi connectivity index (χ1) is 24.5. The maximum atomic E-state index is 14.5. The van der Waals surface area contributed by atoms with E-state index in [-0.39, 0.29) is 37.2 Å². The van der Waals surface area contributed by atoms with Crippen LogP contribution < -0.4 is 10.0 Å². The Morgan fingerprint density at radius 2 is 1.83 bits per heavy atom. The van der Waals surface area contributed by atoms with E-state index in [9.17, 15) is 32.6 Å². The van der Waals surface area contributed by atoms with Gasteiger partial charge in [0.05, 0.1) is 34.3 Å². The van der Waals surface area contributed by atoms with Crippen LogP contribution in [0, 0.1) is 23.1 Å². The summed E-state index contributed by atoms with van der Waals surface area (Å²) >= 11 is 0. The molecule has 0 radical (unpaired) electrons. The Bertz CT molecular complexity index is 1750. The summed E-state index contributed by atoms with van der Waals surface area (Å²) in [6.45, 7) is 6.94. The Morgan fingerprint density at radius 1 is 1.08 bits per heavy atom. The highest BCUT2D eigenvalue weighted by Crippen LogP contribution is 2.57. The third-order valence-corrected chi connectivity index (χ3v) is 13.1. The number of ketones is 1. The van der Waals surface area contributed by atoms with E-state index in [0.29, 0.717) is 43.2 Å². The standard InChI is InChI=1S/C38H51FN4O8S/c1-23-31(50-36(48)42-20-24-12-11-14-28(39)27(24)21-42)22-43-32(23)30(44)19-38(34(46)41-52(5,49)26-16-17-26)18-25(38)13-9-7-6-8-10-15-29(33(43)45)40-35(47)51-37(2,3)4/h9,11-14,23,25-26,29,31-32H,5-8,10,15-22H2,1-4H3,(H,40,47)(H,41,46,49)/b13-9-/t23-,25-,29+,31+,32+,38-,52?/m1/s1. The summed E-state index contributed by atoms with van der Waals surface area (Å²) in [5.41, 5.74) is -0.886. The van der Waals surface area contributed by atoms with Gasteiger partial charge in [-0.2, -0.15) is 0 Å². The molecule has 284 valence electrons. The van der Waals surface area contributed by atoms with Gasteiger partial charge >= 0.3 is 12.2 Å². The van der Waals surface area contributed by atoms with Crippen LogP contribution in [0.1, 0.15) is 96.6 Å². The SMILES string of the molecule is C=S(=O)(NC(=O)[C@]12CC(=O)[C@@H]3[C@H](C)[C@@H](OC(=O)N4Cc5cccc(F)c5C4)CN3C(=O)[C@@H](NC(=O)OC(C)(C)C)CCCCC/C=C\[C@@H]1C2)C1CC1. The number of nitrogens with zero attached hydrogens (tertiary/aromatic N) is 2. The van der Waals surface area contributed by atoms with Crippen LogP contribution in [0.25, 0.3) is 0 Å². The van der Waals surface area contributed by atoms with Crippen LogP contribution in [0.3, 0.4) is 0 Å². The van der Waals surface area contributed by atoms with Crippen molar-refractivity contribution < 1.29 is 42.0 Å². The first-order valence-electron chi connectivity index (χ1n) is 18.4. The molecule has 7 atom stereocenters. The Labute approximate surface area is 305 Å². The number of rotatable bonds is 5. The lowest BCUT2D eigenvalue weighted by Crippen LogP contribution is -2.53. The van der Waals surface area contributed by atoms with Gasteiger partial charge in [-0.3, -0.25) is 24.0 Å². The predicted octanol–water partition coefficient (Wildman–Crippen LogP) is 4.78. The molecule has 0 spiro atoms. The molecule has 52 heavy (non-hydrogen) atoms. The van der Waals surface area contributed by atoms with Gasteiger partial charge in [-0.05, 0) is 82.7 Å². The van der Waals surface area contributed by atoms with Crippen molar-refractivity contribution in [2.75, 3.05) is 6.54 Å². The van der Waals surface area contributed by atoms with E-state index in [2.05, 4.69) is 15.9 Å². The number of allylic oxidation sites excluding steroid dienone is 2. The number of carbonyl (C=O) groups excluding carboxylic acids is 5. The van der Waals surface area contributed by atoms with Gasteiger partial charge in [0.25, 0.3) is 0 Å². The third-order valence-electron chi connectivity index (χ3n) is 11.0. The van der Waals surface area contributed by atoms with Crippen molar-refractivity contribution in [3.63, 3.8) is 0 Å².